The number of amides is 2. The highest BCUT2D eigenvalue weighted by atomic mass is 32.1. The lowest BCUT2D eigenvalue weighted by atomic mass is 10.2. The Kier molecular flexibility index (Phi) is 3.95. The van der Waals surface area contributed by atoms with Gasteiger partial charge < -0.3 is 9.80 Å². The molecule has 1 aromatic carbocycles. The minimum atomic E-state index is -0.0627. The van der Waals surface area contributed by atoms with Crippen molar-refractivity contribution in [1.82, 2.24) is 24.6 Å². The molecule has 3 aromatic rings. The van der Waals surface area contributed by atoms with E-state index in [0.29, 0.717) is 5.13 Å². The lowest BCUT2D eigenvalue weighted by Gasteiger charge is -2.32. The van der Waals surface area contributed by atoms with Crippen LogP contribution in [0.15, 0.2) is 36.5 Å². The Morgan fingerprint density at radius 2 is 1.93 bits per heavy atom. The summed E-state index contributed by atoms with van der Waals surface area (Å²) >= 11 is 1.53. The standard InChI is InChI=1S/C19H20N6OS/c1-23-7-9-24(10-8-23)19(26)22-18-21-15-11-13-12-20-25(16(13)17(15)27-18)14-5-3-2-4-6-14/h2-6,12H,7-11H2,1H3,(H,21,22,26). The molecule has 0 atom stereocenters. The van der Waals surface area contributed by atoms with Gasteiger partial charge in [0.05, 0.1) is 28.1 Å². The minimum absolute atomic E-state index is 0.0627. The van der Waals surface area contributed by atoms with E-state index in [4.69, 9.17) is 0 Å². The number of urea groups is 1. The first-order valence-corrected chi connectivity index (χ1v) is 9.87. The van der Waals surface area contributed by atoms with E-state index in [1.54, 1.807) is 0 Å². The summed E-state index contributed by atoms with van der Waals surface area (Å²) in [7, 11) is 2.08. The van der Waals surface area contributed by atoms with E-state index in [-0.39, 0.29) is 6.03 Å². The minimum Gasteiger partial charge on any atom is -0.322 e. The highest BCUT2D eigenvalue weighted by Crippen LogP contribution is 2.43. The third kappa shape index (κ3) is 2.90. The molecule has 0 radical (unpaired) electrons. The number of piperazine rings is 1. The second-order valence-electron chi connectivity index (χ2n) is 6.96. The number of likely N-dealkylation sites (N-methyl/N-ethyl adjacent to an activating group) is 1. The molecule has 0 saturated carbocycles. The summed E-state index contributed by atoms with van der Waals surface area (Å²) in [6.45, 7) is 3.31. The number of nitrogens with zero attached hydrogens (tertiary/aromatic N) is 5. The van der Waals surface area contributed by atoms with Gasteiger partial charge in [-0.3, -0.25) is 5.32 Å². The van der Waals surface area contributed by atoms with Crippen LogP contribution >= 0.6 is 11.3 Å². The molecular weight excluding hydrogens is 360 g/mol. The number of hydrogen-bond acceptors (Lipinski definition) is 5. The van der Waals surface area contributed by atoms with Crippen LogP contribution in [-0.2, 0) is 6.42 Å². The Hall–Kier alpha value is -2.71. The molecule has 1 aliphatic carbocycles. The molecule has 0 unspecified atom stereocenters. The highest BCUT2D eigenvalue weighted by molar-refractivity contribution is 7.19. The van der Waals surface area contributed by atoms with Crippen LogP contribution in [0.2, 0.25) is 0 Å². The first kappa shape index (κ1) is 16.5. The third-order valence-corrected chi connectivity index (χ3v) is 6.14. The fraction of sp³-hybridized carbons (Fsp3) is 0.316. The van der Waals surface area contributed by atoms with Gasteiger partial charge in [0.1, 0.15) is 0 Å². The largest absolute Gasteiger partial charge is 0.323 e. The van der Waals surface area contributed by atoms with Gasteiger partial charge in [-0.05, 0) is 19.2 Å². The number of carbonyl (C=O) groups excluding carboxylic acids is 1. The van der Waals surface area contributed by atoms with Gasteiger partial charge in [-0.2, -0.15) is 5.10 Å². The topological polar surface area (TPSA) is 66.3 Å². The van der Waals surface area contributed by atoms with E-state index in [0.717, 1.165) is 54.6 Å². The molecule has 1 fully saturated rings. The zero-order valence-corrected chi connectivity index (χ0v) is 15.9. The monoisotopic (exact) mass is 380 g/mol. The number of aromatic nitrogens is 3. The lowest BCUT2D eigenvalue weighted by molar-refractivity contribution is 0.164. The van der Waals surface area contributed by atoms with Gasteiger partial charge in [-0.25, -0.2) is 14.5 Å². The Bertz CT molecular complexity index is 987. The molecule has 7 nitrogen and oxygen atoms in total. The molecule has 2 aromatic heterocycles. The van der Waals surface area contributed by atoms with Crippen LogP contribution in [-0.4, -0.2) is 63.8 Å². The average molecular weight is 380 g/mol. The van der Waals surface area contributed by atoms with Crippen LogP contribution in [0.1, 0.15) is 11.3 Å². The van der Waals surface area contributed by atoms with Crippen molar-refractivity contribution in [2.45, 2.75) is 6.42 Å². The van der Waals surface area contributed by atoms with Crippen LogP contribution in [0.3, 0.4) is 0 Å². The third-order valence-electron chi connectivity index (χ3n) is 5.12. The van der Waals surface area contributed by atoms with E-state index >= 15 is 0 Å². The Morgan fingerprint density at radius 1 is 1.15 bits per heavy atom. The maximum atomic E-state index is 12.5. The van der Waals surface area contributed by atoms with Gasteiger partial charge in [-0.15, -0.1) is 0 Å². The second-order valence-corrected chi connectivity index (χ2v) is 7.96. The molecule has 3 heterocycles. The quantitative estimate of drug-likeness (QED) is 0.581. The average Bonchev–Trinajstić information content (AvgIpc) is 3.34. The smallest absolute Gasteiger partial charge is 0.322 e. The number of carbonyl (C=O) groups is 1. The number of thiazole rings is 1. The van der Waals surface area contributed by atoms with E-state index in [2.05, 4.69) is 27.3 Å². The number of rotatable bonds is 2. The zero-order chi connectivity index (χ0) is 18.4. The summed E-state index contributed by atoms with van der Waals surface area (Å²) in [4.78, 5) is 22.4. The number of hydrogen-bond donors (Lipinski definition) is 1. The van der Waals surface area contributed by atoms with Gasteiger partial charge >= 0.3 is 6.03 Å². The van der Waals surface area contributed by atoms with Crippen molar-refractivity contribution in [2.75, 3.05) is 38.5 Å². The maximum absolute atomic E-state index is 12.5. The molecule has 2 amide bonds. The molecule has 0 spiro atoms. The molecule has 2 aliphatic rings. The van der Waals surface area contributed by atoms with E-state index in [1.807, 2.05) is 46.1 Å². The molecule has 1 saturated heterocycles. The number of para-hydroxylation sites is 1. The fourth-order valence-electron chi connectivity index (χ4n) is 3.59. The van der Waals surface area contributed by atoms with Crippen molar-refractivity contribution in [3.8, 4) is 16.3 Å². The Balaban J connectivity index is 1.39. The summed E-state index contributed by atoms with van der Waals surface area (Å²) in [6.07, 6.45) is 2.68. The summed E-state index contributed by atoms with van der Waals surface area (Å²) in [6, 6.07) is 10.0. The number of fused-ring (bicyclic) bond motifs is 3. The number of nitrogens with one attached hydrogen (secondary N) is 1. The van der Waals surface area contributed by atoms with E-state index < -0.39 is 0 Å². The van der Waals surface area contributed by atoms with Crippen LogP contribution in [0.4, 0.5) is 9.93 Å². The van der Waals surface area contributed by atoms with Crippen molar-refractivity contribution in [1.29, 1.82) is 0 Å². The molecule has 0 bridgehead atoms. The van der Waals surface area contributed by atoms with Gasteiger partial charge in [0.15, 0.2) is 5.13 Å². The van der Waals surface area contributed by atoms with E-state index in [9.17, 15) is 4.79 Å². The number of benzene rings is 1. The second kappa shape index (κ2) is 6.47. The van der Waals surface area contributed by atoms with E-state index in [1.165, 1.54) is 16.9 Å². The van der Waals surface area contributed by atoms with Crippen LogP contribution < -0.4 is 5.32 Å². The molecule has 8 heteroatoms. The van der Waals surface area contributed by atoms with Gasteiger partial charge in [0, 0.05) is 38.2 Å². The molecule has 5 rings (SSSR count). The number of anilines is 1. The molecule has 27 heavy (non-hydrogen) atoms. The molecular formula is C19H20N6OS. The first-order valence-electron chi connectivity index (χ1n) is 9.06. The van der Waals surface area contributed by atoms with Crippen molar-refractivity contribution in [2.24, 2.45) is 0 Å². The SMILES string of the molecule is CN1CCN(C(=O)Nc2nc3c(s2)-c2c(cnn2-c2ccccc2)C3)CC1. The van der Waals surface area contributed by atoms with Crippen LogP contribution in [0.25, 0.3) is 16.3 Å². The molecule has 1 aliphatic heterocycles. The lowest BCUT2D eigenvalue weighted by Crippen LogP contribution is -2.48. The Labute approximate surface area is 161 Å². The first-order chi connectivity index (χ1) is 13.2. The predicted octanol–water partition coefficient (Wildman–Crippen LogP) is 2.68. The highest BCUT2D eigenvalue weighted by Gasteiger charge is 2.29. The maximum Gasteiger partial charge on any atom is 0.323 e. The summed E-state index contributed by atoms with van der Waals surface area (Å²) < 4.78 is 1.96. The van der Waals surface area contributed by atoms with Crippen molar-refractivity contribution < 1.29 is 4.79 Å². The van der Waals surface area contributed by atoms with Crippen LogP contribution in [0.5, 0.6) is 0 Å². The van der Waals surface area contributed by atoms with Gasteiger partial charge in [0.2, 0.25) is 0 Å². The summed E-state index contributed by atoms with van der Waals surface area (Å²) in [5.41, 5.74) is 4.33. The molecule has 1 N–H and O–H groups in total. The summed E-state index contributed by atoms with van der Waals surface area (Å²) in [5.74, 6) is 0. The zero-order valence-electron chi connectivity index (χ0n) is 15.1. The summed E-state index contributed by atoms with van der Waals surface area (Å²) in [5, 5.41) is 8.20. The van der Waals surface area contributed by atoms with Crippen molar-refractivity contribution in [3.63, 3.8) is 0 Å². The fourth-order valence-corrected chi connectivity index (χ4v) is 4.63. The predicted molar refractivity (Wildman–Crippen MR) is 106 cm³/mol. The van der Waals surface area contributed by atoms with Crippen molar-refractivity contribution in [3.05, 3.63) is 47.8 Å². The van der Waals surface area contributed by atoms with Gasteiger partial charge in [-0.1, -0.05) is 29.5 Å². The Morgan fingerprint density at radius 3 is 2.70 bits per heavy atom. The normalized spacial score (nSPS) is 16.3. The van der Waals surface area contributed by atoms with Crippen LogP contribution in [0, 0.1) is 0 Å². The van der Waals surface area contributed by atoms with Gasteiger partial charge in [0.25, 0.3) is 0 Å². The van der Waals surface area contributed by atoms with Crippen molar-refractivity contribution >= 4 is 22.5 Å². The molecule has 138 valence electrons.